The number of fused-ring (bicyclic) bond motifs is 1. The van der Waals surface area contributed by atoms with E-state index in [0.29, 0.717) is 5.69 Å². The third-order valence-corrected chi connectivity index (χ3v) is 2.90. The minimum atomic E-state index is 0.118. The van der Waals surface area contributed by atoms with Crippen LogP contribution >= 0.6 is 11.3 Å². The van der Waals surface area contributed by atoms with Crippen LogP contribution in [0.5, 0.6) is 10.8 Å². The highest BCUT2D eigenvalue weighted by atomic mass is 32.1. The molecule has 2 rings (SSSR count). The summed E-state index contributed by atoms with van der Waals surface area (Å²) < 4.78 is 6.10. The van der Waals surface area contributed by atoms with Crippen LogP contribution in [0.3, 0.4) is 0 Å². The van der Waals surface area contributed by atoms with Crippen LogP contribution in [0.2, 0.25) is 0 Å². The lowest BCUT2D eigenvalue weighted by Crippen LogP contribution is -1.83. The number of hydrogen-bond acceptors (Lipinski definition) is 4. The fourth-order valence-corrected chi connectivity index (χ4v) is 2.07. The second kappa shape index (κ2) is 2.81. The zero-order valence-electron chi connectivity index (χ0n) is 7.07. The lowest BCUT2D eigenvalue weighted by Gasteiger charge is -1.96. The summed E-state index contributed by atoms with van der Waals surface area (Å²) in [5, 5.41) is 11.1. The molecule has 0 amide bonds. The van der Waals surface area contributed by atoms with Gasteiger partial charge in [-0.2, -0.15) is 0 Å². The van der Waals surface area contributed by atoms with Gasteiger partial charge in [-0.3, -0.25) is 0 Å². The molecule has 0 saturated carbocycles. The second-order valence-corrected chi connectivity index (χ2v) is 3.76. The van der Waals surface area contributed by atoms with E-state index in [0.717, 1.165) is 15.1 Å². The van der Waals surface area contributed by atoms with Crippen LogP contribution in [-0.4, -0.2) is 12.2 Å². The number of rotatable bonds is 1. The molecule has 0 spiro atoms. The number of hydrogen-bond donors (Lipinski definition) is 2. The van der Waals surface area contributed by atoms with Crippen molar-refractivity contribution >= 4 is 27.1 Å². The predicted molar refractivity (Wildman–Crippen MR) is 54.5 cm³/mol. The van der Waals surface area contributed by atoms with E-state index < -0.39 is 0 Å². The molecule has 0 saturated heterocycles. The minimum Gasteiger partial charge on any atom is -0.506 e. The Morgan fingerprint density at radius 3 is 2.85 bits per heavy atom. The summed E-state index contributed by atoms with van der Waals surface area (Å²) in [5.74, 6) is 0.118. The minimum absolute atomic E-state index is 0.118. The van der Waals surface area contributed by atoms with Gasteiger partial charge in [0.1, 0.15) is 5.75 Å². The summed E-state index contributed by atoms with van der Waals surface area (Å²) in [6.07, 6.45) is 0. The number of phenolic OH excluding ortho intramolecular Hbond substituents is 1. The monoisotopic (exact) mass is 195 g/mol. The van der Waals surface area contributed by atoms with Crippen LogP contribution in [-0.2, 0) is 0 Å². The number of anilines is 1. The van der Waals surface area contributed by atoms with Crippen molar-refractivity contribution in [3.05, 3.63) is 18.2 Å². The van der Waals surface area contributed by atoms with Gasteiger partial charge >= 0.3 is 0 Å². The molecule has 3 N–H and O–H groups in total. The molecule has 0 fully saturated rings. The van der Waals surface area contributed by atoms with Crippen LogP contribution in [0.4, 0.5) is 5.69 Å². The van der Waals surface area contributed by atoms with Gasteiger partial charge in [0.2, 0.25) is 0 Å². The van der Waals surface area contributed by atoms with Crippen LogP contribution in [0.1, 0.15) is 0 Å². The molecule has 68 valence electrons. The lowest BCUT2D eigenvalue weighted by atomic mass is 10.2. The van der Waals surface area contributed by atoms with E-state index in [9.17, 15) is 5.11 Å². The van der Waals surface area contributed by atoms with Gasteiger partial charge in [-0.1, -0.05) is 11.3 Å². The molecule has 3 nitrogen and oxygen atoms in total. The van der Waals surface area contributed by atoms with Crippen molar-refractivity contribution in [3.8, 4) is 10.8 Å². The standard InChI is InChI=1S/C9H9NO2S/c1-12-9-3-5-2-7(11)6(10)4-8(5)13-9/h2-4,11H,10H2,1H3. The molecule has 1 heterocycles. The first-order valence-corrected chi connectivity index (χ1v) is 4.58. The van der Waals surface area contributed by atoms with E-state index in [1.807, 2.05) is 6.07 Å². The summed E-state index contributed by atoms with van der Waals surface area (Å²) in [6.45, 7) is 0. The highest BCUT2D eigenvalue weighted by molar-refractivity contribution is 7.20. The summed E-state index contributed by atoms with van der Waals surface area (Å²) in [5.41, 5.74) is 5.95. The number of ether oxygens (including phenoxy) is 1. The van der Waals surface area contributed by atoms with E-state index in [1.54, 1.807) is 19.2 Å². The zero-order chi connectivity index (χ0) is 9.42. The van der Waals surface area contributed by atoms with Crippen molar-refractivity contribution in [3.63, 3.8) is 0 Å². The Morgan fingerprint density at radius 1 is 1.38 bits per heavy atom. The largest absolute Gasteiger partial charge is 0.506 e. The fraction of sp³-hybridized carbons (Fsp3) is 0.111. The molecular formula is C9H9NO2S. The molecule has 0 aliphatic rings. The van der Waals surface area contributed by atoms with Crippen molar-refractivity contribution in [2.24, 2.45) is 0 Å². The number of methoxy groups -OCH3 is 1. The third kappa shape index (κ3) is 1.29. The molecule has 4 heteroatoms. The van der Waals surface area contributed by atoms with E-state index in [1.165, 1.54) is 11.3 Å². The van der Waals surface area contributed by atoms with Crippen LogP contribution in [0.15, 0.2) is 18.2 Å². The predicted octanol–water partition coefficient (Wildman–Crippen LogP) is 2.20. The van der Waals surface area contributed by atoms with E-state index in [2.05, 4.69) is 0 Å². The SMILES string of the molecule is COc1cc2cc(O)c(N)cc2s1. The molecule has 1 aromatic carbocycles. The lowest BCUT2D eigenvalue weighted by molar-refractivity contribution is 0.427. The van der Waals surface area contributed by atoms with Crippen molar-refractivity contribution in [1.82, 2.24) is 0 Å². The van der Waals surface area contributed by atoms with E-state index in [4.69, 9.17) is 10.5 Å². The highest BCUT2D eigenvalue weighted by Crippen LogP contribution is 2.36. The van der Waals surface area contributed by atoms with Gasteiger partial charge in [-0.05, 0) is 18.2 Å². The van der Waals surface area contributed by atoms with Gasteiger partial charge in [-0.15, -0.1) is 0 Å². The topological polar surface area (TPSA) is 55.5 Å². The van der Waals surface area contributed by atoms with Crippen LogP contribution < -0.4 is 10.5 Å². The Morgan fingerprint density at radius 2 is 2.15 bits per heavy atom. The normalized spacial score (nSPS) is 10.5. The number of thiophene rings is 1. The average molecular weight is 195 g/mol. The molecular weight excluding hydrogens is 186 g/mol. The first-order chi connectivity index (χ1) is 6.20. The van der Waals surface area contributed by atoms with Crippen LogP contribution in [0, 0.1) is 0 Å². The molecule has 0 atom stereocenters. The van der Waals surface area contributed by atoms with Gasteiger partial charge in [-0.25, -0.2) is 0 Å². The van der Waals surface area contributed by atoms with Gasteiger partial charge in [0, 0.05) is 10.1 Å². The van der Waals surface area contributed by atoms with Crippen molar-refractivity contribution in [2.75, 3.05) is 12.8 Å². The Balaban J connectivity index is 2.70. The number of benzene rings is 1. The first kappa shape index (κ1) is 8.19. The Kier molecular flexibility index (Phi) is 1.77. The number of aromatic hydroxyl groups is 1. The quantitative estimate of drug-likeness (QED) is 0.541. The average Bonchev–Trinajstić information content (AvgIpc) is 2.48. The number of phenols is 1. The smallest absolute Gasteiger partial charge is 0.174 e. The number of nitrogen functional groups attached to an aromatic ring is 1. The Hall–Kier alpha value is -1.42. The maximum absolute atomic E-state index is 9.34. The molecule has 0 bridgehead atoms. The maximum Gasteiger partial charge on any atom is 0.174 e. The molecule has 2 aromatic rings. The molecule has 13 heavy (non-hydrogen) atoms. The highest BCUT2D eigenvalue weighted by Gasteiger charge is 2.04. The number of nitrogens with two attached hydrogens (primary N) is 1. The van der Waals surface area contributed by atoms with E-state index >= 15 is 0 Å². The molecule has 0 aliphatic heterocycles. The molecule has 0 aliphatic carbocycles. The Bertz CT molecular complexity index is 411. The summed E-state index contributed by atoms with van der Waals surface area (Å²) in [7, 11) is 1.62. The Labute approximate surface area is 79.4 Å². The fourth-order valence-electron chi connectivity index (χ4n) is 1.17. The first-order valence-electron chi connectivity index (χ1n) is 3.76. The third-order valence-electron chi connectivity index (χ3n) is 1.84. The summed E-state index contributed by atoms with van der Waals surface area (Å²) in [4.78, 5) is 0. The van der Waals surface area contributed by atoms with Crippen molar-refractivity contribution in [2.45, 2.75) is 0 Å². The maximum atomic E-state index is 9.34. The van der Waals surface area contributed by atoms with Crippen molar-refractivity contribution in [1.29, 1.82) is 0 Å². The van der Waals surface area contributed by atoms with Gasteiger partial charge in [0.15, 0.2) is 5.06 Å². The zero-order valence-corrected chi connectivity index (χ0v) is 7.89. The van der Waals surface area contributed by atoms with Gasteiger partial charge in [0.05, 0.1) is 12.8 Å². The van der Waals surface area contributed by atoms with Crippen LogP contribution in [0.25, 0.3) is 10.1 Å². The van der Waals surface area contributed by atoms with Gasteiger partial charge in [0.25, 0.3) is 0 Å². The van der Waals surface area contributed by atoms with Crippen molar-refractivity contribution < 1.29 is 9.84 Å². The second-order valence-electron chi connectivity index (χ2n) is 2.72. The van der Waals surface area contributed by atoms with Gasteiger partial charge < -0.3 is 15.6 Å². The van der Waals surface area contributed by atoms with E-state index in [-0.39, 0.29) is 5.75 Å². The molecule has 1 aromatic heterocycles. The summed E-state index contributed by atoms with van der Waals surface area (Å²) in [6, 6.07) is 5.26. The molecule has 0 unspecified atom stereocenters. The summed E-state index contributed by atoms with van der Waals surface area (Å²) >= 11 is 1.51. The molecule has 0 radical (unpaired) electrons.